The molecule has 140 valence electrons. The Kier molecular flexibility index (Phi) is 4.22. The quantitative estimate of drug-likeness (QED) is 0.608. The van der Waals surface area contributed by atoms with Crippen molar-refractivity contribution in [3.63, 3.8) is 0 Å². The van der Waals surface area contributed by atoms with Crippen molar-refractivity contribution in [1.29, 1.82) is 0 Å². The maximum absolute atomic E-state index is 12.2. The van der Waals surface area contributed by atoms with Gasteiger partial charge in [-0.25, -0.2) is 14.9 Å². The fourth-order valence-corrected chi connectivity index (χ4v) is 3.38. The van der Waals surface area contributed by atoms with E-state index in [0.717, 1.165) is 12.1 Å². The highest BCUT2D eigenvalue weighted by atomic mass is 16.5. The van der Waals surface area contributed by atoms with E-state index in [-0.39, 0.29) is 11.2 Å². The summed E-state index contributed by atoms with van der Waals surface area (Å²) >= 11 is 0. The van der Waals surface area contributed by atoms with Crippen molar-refractivity contribution in [2.75, 3.05) is 18.1 Å². The third-order valence-electron chi connectivity index (χ3n) is 4.59. The summed E-state index contributed by atoms with van der Waals surface area (Å²) in [7, 11) is 0. The van der Waals surface area contributed by atoms with Crippen LogP contribution in [0.2, 0.25) is 0 Å². The highest BCUT2D eigenvalue weighted by Gasteiger charge is 2.31. The van der Waals surface area contributed by atoms with Gasteiger partial charge in [-0.05, 0) is 31.9 Å². The average molecular weight is 370 g/mol. The molecule has 0 aliphatic carbocycles. The van der Waals surface area contributed by atoms with Crippen molar-refractivity contribution in [2.24, 2.45) is 0 Å². The van der Waals surface area contributed by atoms with Crippen LogP contribution in [0.15, 0.2) is 23.0 Å². The summed E-state index contributed by atoms with van der Waals surface area (Å²) in [5.41, 5.74) is 1.38. The normalized spacial score (nSPS) is 16.8. The molecule has 0 unspecified atom stereocenters. The Hall–Kier alpha value is -3.43. The molecule has 0 radical (unpaired) electrons. The number of nitrogens with one attached hydrogen (secondary N) is 2. The molecule has 1 fully saturated rings. The van der Waals surface area contributed by atoms with E-state index in [1.165, 1.54) is 0 Å². The molecule has 10 heteroatoms. The molecule has 1 saturated heterocycles. The predicted octanol–water partition coefficient (Wildman–Crippen LogP) is 1.16. The molecule has 1 atom stereocenters. The van der Waals surface area contributed by atoms with Crippen LogP contribution in [0.4, 0.5) is 5.69 Å². The van der Waals surface area contributed by atoms with Crippen molar-refractivity contribution in [2.45, 2.75) is 25.8 Å². The molecular weight excluding hydrogens is 352 g/mol. The largest absolute Gasteiger partial charge is 0.493 e. The van der Waals surface area contributed by atoms with Gasteiger partial charge in [-0.3, -0.25) is 4.79 Å². The third-order valence-corrected chi connectivity index (χ3v) is 4.59. The van der Waals surface area contributed by atoms with Crippen LogP contribution in [-0.2, 0) is 4.79 Å². The van der Waals surface area contributed by atoms with Crippen LogP contribution in [0.1, 0.15) is 19.8 Å². The SMILES string of the molecule is CCOc1cc(N2CCC[C@H]2C(=O)O)ccc1-c1nc2[nH]nnc2c(=O)[nH]1. The molecule has 1 aliphatic rings. The number of carboxylic acid groups (broad SMARTS) is 1. The number of carbonyl (C=O) groups is 1. The van der Waals surface area contributed by atoms with Crippen molar-refractivity contribution in [1.82, 2.24) is 25.4 Å². The Bertz CT molecular complexity index is 1060. The molecule has 3 N–H and O–H groups in total. The fourth-order valence-electron chi connectivity index (χ4n) is 3.38. The Morgan fingerprint density at radius 1 is 1.44 bits per heavy atom. The first-order chi connectivity index (χ1) is 13.1. The Balaban J connectivity index is 1.79. The molecule has 4 rings (SSSR count). The lowest BCUT2D eigenvalue weighted by Gasteiger charge is -2.24. The van der Waals surface area contributed by atoms with Crippen LogP contribution in [-0.4, -0.2) is 55.6 Å². The van der Waals surface area contributed by atoms with Crippen LogP contribution < -0.4 is 15.2 Å². The first kappa shape index (κ1) is 17.0. The second kappa shape index (κ2) is 6.71. The molecular formula is C17H18N6O4. The first-order valence-corrected chi connectivity index (χ1v) is 8.66. The highest BCUT2D eigenvalue weighted by molar-refractivity contribution is 5.80. The molecule has 0 spiro atoms. The maximum Gasteiger partial charge on any atom is 0.326 e. The zero-order valence-corrected chi connectivity index (χ0v) is 14.6. The standard InChI is InChI=1S/C17H18N6O4/c1-2-27-12-8-9(23-7-3-4-11(23)17(25)26)5-6-10(12)14-18-15-13(16(24)19-14)20-22-21-15/h5-6,8,11H,2-4,7H2,1H3,(H,25,26)(H2,18,19,20,21,22,24)/t11-/m0/s1. The number of aromatic nitrogens is 5. The molecule has 3 heterocycles. The Morgan fingerprint density at radius 3 is 3.07 bits per heavy atom. The minimum Gasteiger partial charge on any atom is -0.493 e. The summed E-state index contributed by atoms with van der Waals surface area (Å²) in [6.07, 6.45) is 1.43. The van der Waals surface area contributed by atoms with Gasteiger partial charge < -0.3 is 19.7 Å². The van der Waals surface area contributed by atoms with Crippen LogP contribution in [0.5, 0.6) is 5.75 Å². The number of aliphatic carboxylic acids is 1. The smallest absolute Gasteiger partial charge is 0.326 e. The van der Waals surface area contributed by atoms with E-state index in [0.29, 0.717) is 36.7 Å². The molecule has 0 saturated carbocycles. The monoisotopic (exact) mass is 370 g/mol. The lowest BCUT2D eigenvalue weighted by atomic mass is 10.1. The van der Waals surface area contributed by atoms with Gasteiger partial charge >= 0.3 is 5.97 Å². The van der Waals surface area contributed by atoms with E-state index in [1.807, 2.05) is 17.9 Å². The van der Waals surface area contributed by atoms with Gasteiger partial charge in [0.05, 0.1) is 12.2 Å². The molecule has 2 aromatic heterocycles. The van der Waals surface area contributed by atoms with Gasteiger partial charge in [0.15, 0.2) is 11.2 Å². The van der Waals surface area contributed by atoms with Crippen LogP contribution in [0, 0.1) is 0 Å². The summed E-state index contributed by atoms with van der Waals surface area (Å²) in [6, 6.07) is 4.82. The number of ether oxygens (including phenoxy) is 1. The van der Waals surface area contributed by atoms with Gasteiger partial charge in [-0.15, -0.1) is 5.10 Å². The zero-order chi connectivity index (χ0) is 19.0. The van der Waals surface area contributed by atoms with E-state index in [1.54, 1.807) is 12.1 Å². The maximum atomic E-state index is 12.2. The summed E-state index contributed by atoms with van der Waals surface area (Å²) in [4.78, 5) is 32.5. The van der Waals surface area contributed by atoms with E-state index < -0.39 is 17.6 Å². The molecule has 0 amide bonds. The van der Waals surface area contributed by atoms with Gasteiger partial charge in [-0.2, -0.15) is 0 Å². The number of H-pyrrole nitrogens is 2. The number of carboxylic acids is 1. The zero-order valence-electron chi connectivity index (χ0n) is 14.6. The van der Waals surface area contributed by atoms with Crippen LogP contribution in [0.25, 0.3) is 22.6 Å². The molecule has 1 aliphatic heterocycles. The summed E-state index contributed by atoms with van der Waals surface area (Å²) in [6.45, 7) is 2.93. The minimum absolute atomic E-state index is 0.134. The minimum atomic E-state index is -0.835. The number of aromatic amines is 2. The van der Waals surface area contributed by atoms with Gasteiger partial charge in [0.2, 0.25) is 0 Å². The average Bonchev–Trinajstić information content (AvgIpc) is 3.31. The van der Waals surface area contributed by atoms with Gasteiger partial charge in [0, 0.05) is 18.3 Å². The lowest BCUT2D eigenvalue weighted by Crippen LogP contribution is -2.35. The number of hydrogen-bond donors (Lipinski definition) is 3. The highest BCUT2D eigenvalue weighted by Crippen LogP contribution is 2.34. The van der Waals surface area contributed by atoms with Crippen molar-refractivity contribution in [3.8, 4) is 17.1 Å². The van der Waals surface area contributed by atoms with E-state index in [9.17, 15) is 14.7 Å². The second-order valence-electron chi connectivity index (χ2n) is 6.23. The summed E-state index contributed by atoms with van der Waals surface area (Å²) in [5.74, 6) is 0.00324. The lowest BCUT2D eigenvalue weighted by molar-refractivity contribution is -0.138. The number of benzene rings is 1. The Labute approximate surface area is 153 Å². The number of nitrogens with zero attached hydrogens (tertiary/aromatic N) is 4. The van der Waals surface area contributed by atoms with Crippen molar-refractivity contribution in [3.05, 3.63) is 28.6 Å². The molecule has 1 aromatic carbocycles. The molecule has 0 bridgehead atoms. The van der Waals surface area contributed by atoms with Crippen LogP contribution >= 0.6 is 0 Å². The van der Waals surface area contributed by atoms with Crippen molar-refractivity contribution >= 4 is 22.8 Å². The third kappa shape index (κ3) is 2.98. The Morgan fingerprint density at radius 2 is 2.30 bits per heavy atom. The molecule has 3 aromatic rings. The number of anilines is 1. The summed E-state index contributed by atoms with van der Waals surface area (Å²) in [5, 5.41) is 19.3. The predicted molar refractivity (Wildman–Crippen MR) is 96.9 cm³/mol. The second-order valence-corrected chi connectivity index (χ2v) is 6.23. The number of fused-ring (bicyclic) bond motifs is 1. The van der Waals surface area contributed by atoms with E-state index in [2.05, 4.69) is 25.4 Å². The first-order valence-electron chi connectivity index (χ1n) is 8.66. The number of rotatable bonds is 5. The van der Waals surface area contributed by atoms with Crippen LogP contribution in [0.3, 0.4) is 0 Å². The van der Waals surface area contributed by atoms with Gasteiger partial charge in [0.25, 0.3) is 5.56 Å². The van der Waals surface area contributed by atoms with E-state index in [4.69, 9.17) is 4.74 Å². The van der Waals surface area contributed by atoms with Crippen molar-refractivity contribution < 1.29 is 14.6 Å². The molecule has 10 nitrogen and oxygen atoms in total. The van der Waals surface area contributed by atoms with E-state index >= 15 is 0 Å². The fraction of sp³-hybridized carbons (Fsp3) is 0.353. The topological polar surface area (TPSA) is 137 Å². The van der Waals surface area contributed by atoms with Gasteiger partial charge in [-0.1, -0.05) is 5.21 Å². The number of hydrogen-bond acceptors (Lipinski definition) is 7. The summed E-state index contributed by atoms with van der Waals surface area (Å²) < 4.78 is 5.74. The van der Waals surface area contributed by atoms with Gasteiger partial charge in [0.1, 0.15) is 17.6 Å². The molecule has 27 heavy (non-hydrogen) atoms.